The highest BCUT2D eigenvalue weighted by Gasteiger charge is 2.15. The maximum absolute atomic E-state index is 12.7. The molecule has 2 N–H and O–H groups in total. The first-order valence-electron chi connectivity index (χ1n) is 5.86. The zero-order valence-corrected chi connectivity index (χ0v) is 11.6. The van der Waals surface area contributed by atoms with Gasteiger partial charge in [0, 0.05) is 17.5 Å². The third-order valence-electron chi connectivity index (χ3n) is 2.42. The highest BCUT2D eigenvalue weighted by Crippen LogP contribution is 2.07. The molecule has 0 spiro atoms. The van der Waals surface area contributed by atoms with Crippen molar-refractivity contribution in [1.29, 1.82) is 0 Å². The maximum atomic E-state index is 12.7. The van der Waals surface area contributed by atoms with Crippen LogP contribution in [0.4, 0.5) is 14.9 Å². The van der Waals surface area contributed by atoms with E-state index in [1.807, 2.05) is 0 Å². The van der Waals surface area contributed by atoms with E-state index >= 15 is 0 Å². The van der Waals surface area contributed by atoms with Crippen LogP contribution in [0.5, 0.6) is 0 Å². The molecule has 19 heavy (non-hydrogen) atoms. The van der Waals surface area contributed by atoms with E-state index in [9.17, 15) is 17.6 Å². The summed E-state index contributed by atoms with van der Waals surface area (Å²) in [5, 5.41) is 5.00. The summed E-state index contributed by atoms with van der Waals surface area (Å²) >= 11 is 0. The number of carbonyl (C=O) groups excluding carboxylic acids is 1. The predicted octanol–water partition coefficient (Wildman–Crippen LogP) is 1.77. The van der Waals surface area contributed by atoms with Gasteiger partial charge in [0.2, 0.25) is 0 Å². The molecule has 1 aromatic rings. The summed E-state index contributed by atoms with van der Waals surface area (Å²) in [6, 6.07) is 4.27. The molecular weight excluding hydrogens is 271 g/mol. The molecule has 2 amide bonds. The van der Waals surface area contributed by atoms with Crippen LogP contribution in [0.15, 0.2) is 24.3 Å². The van der Waals surface area contributed by atoms with Crippen molar-refractivity contribution in [3.8, 4) is 0 Å². The third kappa shape index (κ3) is 5.69. The van der Waals surface area contributed by atoms with Crippen molar-refractivity contribution in [1.82, 2.24) is 5.32 Å². The first-order chi connectivity index (χ1) is 8.82. The smallest absolute Gasteiger partial charge is 0.319 e. The van der Waals surface area contributed by atoms with Crippen LogP contribution in [0, 0.1) is 5.82 Å². The van der Waals surface area contributed by atoms with Crippen LogP contribution in [0.1, 0.15) is 13.8 Å². The first-order valence-corrected chi connectivity index (χ1v) is 7.68. The number of sulfone groups is 1. The third-order valence-corrected chi connectivity index (χ3v) is 4.31. The molecule has 0 aliphatic heterocycles. The molecule has 0 aliphatic carbocycles. The van der Waals surface area contributed by atoms with Gasteiger partial charge in [-0.05, 0) is 31.2 Å². The van der Waals surface area contributed by atoms with E-state index in [4.69, 9.17) is 0 Å². The van der Waals surface area contributed by atoms with Gasteiger partial charge in [-0.1, -0.05) is 6.92 Å². The monoisotopic (exact) mass is 288 g/mol. The molecule has 5 nitrogen and oxygen atoms in total. The zero-order valence-electron chi connectivity index (χ0n) is 10.8. The maximum Gasteiger partial charge on any atom is 0.319 e. The zero-order chi connectivity index (χ0) is 14.5. The number of rotatable bonds is 5. The number of benzene rings is 1. The van der Waals surface area contributed by atoms with Crippen molar-refractivity contribution >= 4 is 21.6 Å². The summed E-state index contributed by atoms with van der Waals surface area (Å²) in [6.45, 7) is 3.16. The first kappa shape index (κ1) is 15.4. The Morgan fingerprint density at radius 3 is 2.42 bits per heavy atom. The molecular formula is C12H17FN2O3S. The number of anilines is 1. The van der Waals surface area contributed by atoms with Gasteiger partial charge < -0.3 is 10.6 Å². The van der Waals surface area contributed by atoms with Crippen LogP contribution in [-0.4, -0.2) is 32.0 Å². The van der Waals surface area contributed by atoms with E-state index in [0.29, 0.717) is 5.69 Å². The Labute approximate surface area is 112 Å². The summed E-state index contributed by atoms with van der Waals surface area (Å²) in [6.07, 6.45) is 0. The number of hydrogen-bond acceptors (Lipinski definition) is 3. The fourth-order valence-corrected chi connectivity index (χ4v) is 2.55. The Morgan fingerprint density at radius 2 is 1.89 bits per heavy atom. The van der Waals surface area contributed by atoms with Gasteiger partial charge >= 0.3 is 6.03 Å². The van der Waals surface area contributed by atoms with E-state index < -0.39 is 27.7 Å². The average Bonchev–Trinajstić information content (AvgIpc) is 2.31. The Balaban J connectivity index is 2.49. The van der Waals surface area contributed by atoms with Crippen molar-refractivity contribution < 1.29 is 17.6 Å². The lowest BCUT2D eigenvalue weighted by molar-refractivity contribution is 0.250. The van der Waals surface area contributed by atoms with E-state index in [2.05, 4.69) is 10.6 Å². The number of carbonyl (C=O) groups is 1. The number of urea groups is 1. The molecule has 0 saturated carbocycles. The lowest BCUT2D eigenvalue weighted by Gasteiger charge is -2.14. The average molecular weight is 288 g/mol. The van der Waals surface area contributed by atoms with Crippen LogP contribution in [-0.2, 0) is 9.84 Å². The summed E-state index contributed by atoms with van der Waals surface area (Å²) < 4.78 is 35.4. The van der Waals surface area contributed by atoms with Crippen LogP contribution >= 0.6 is 0 Å². The van der Waals surface area contributed by atoms with Gasteiger partial charge in [0.1, 0.15) is 5.82 Å². The molecule has 0 fully saturated rings. The molecule has 0 aliphatic rings. The van der Waals surface area contributed by atoms with Crippen molar-refractivity contribution in [2.24, 2.45) is 0 Å². The van der Waals surface area contributed by atoms with Gasteiger partial charge in [0.05, 0.1) is 5.75 Å². The quantitative estimate of drug-likeness (QED) is 0.867. The van der Waals surface area contributed by atoms with Crippen molar-refractivity contribution in [3.63, 3.8) is 0 Å². The lowest BCUT2D eigenvalue weighted by atomic mass is 10.3. The largest absolute Gasteiger partial charge is 0.334 e. The molecule has 106 valence electrons. The molecule has 7 heteroatoms. The fraction of sp³-hybridized carbons (Fsp3) is 0.417. The Hall–Kier alpha value is -1.63. The Bertz CT molecular complexity index is 528. The second-order valence-electron chi connectivity index (χ2n) is 4.21. The normalized spacial score (nSPS) is 12.8. The number of hydrogen-bond donors (Lipinski definition) is 2. The van der Waals surface area contributed by atoms with Gasteiger partial charge in [-0.15, -0.1) is 0 Å². The minimum atomic E-state index is -3.13. The number of amides is 2. The standard InChI is InChI=1S/C12H17FN2O3S/c1-3-19(17,18)8-9(2)14-12(16)15-11-6-4-10(13)5-7-11/h4-7,9H,3,8H2,1-2H3,(H2,14,15,16)/t9-/m0/s1. The van der Waals surface area contributed by atoms with E-state index in [0.717, 1.165) is 0 Å². The van der Waals surface area contributed by atoms with E-state index in [1.165, 1.54) is 24.3 Å². The molecule has 0 unspecified atom stereocenters. The topological polar surface area (TPSA) is 75.3 Å². The van der Waals surface area contributed by atoms with Gasteiger partial charge in [0.25, 0.3) is 0 Å². The molecule has 0 bridgehead atoms. The van der Waals surface area contributed by atoms with Crippen LogP contribution in [0.3, 0.4) is 0 Å². The highest BCUT2D eigenvalue weighted by atomic mass is 32.2. The Kier molecular flexibility index (Phi) is 5.29. The molecule has 0 saturated heterocycles. The molecule has 1 aromatic carbocycles. The number of halogens is 1. The summed E-state index contributed by atoms with van der Waals surface area (Å²) in [5.41, 5.74) is 0.435. The van der Waals surface area contributed by atoms with Crippen molar-refractivity contribution in [2.45, 2.75) is 19.9 Å². The highest BCUT2D eigenvalue weighted by molar-refractivity contribution is 7.91. The molecule has 1 atom stereocenters. The van der Waals surface area contributed by atoms with E-state index in [1.54, 1.807) is 13.8 Å². The Morgan fingerprint density at radius 1 is 1.32 bits per heavy atom. The summed E-state index contributed by atoms with van der Waals surface area (Å²) in [4.78, 5) is 11.6. The van der Waals surface area contributed by atoms with Gasteiger partial charge in [-0.3, -0.25) is 0 Å². The molecule has 1 rings (SSSR count). The molecule has 0 heterocycles. The summed E-state index contributed by atoms with van der Waals surface area (Å²) in [5.74, 6) is -0.466. The van der Waals surface area contributed by atoms with Crippen LogP contribution < -0.4 is 10.6 Å². The predicted molar refractivity (Wildman–Crippen MR) is 72.3 cm³/mol. The lowest BCUT2D eigenvalue weighted by Crippen LogP contribution is -2.40. The fourth-order valence-electron chi connectivity index (χ4n) is 1.46. The SMILES string of the molecule is CCS(=O)(=O)C[C@H](C)NC(=O)Nc1ccc(F)cc1. The van der Waals surface area contributed by atoms with Crippen molar-refractivity contribution in [3.05, 3.63) is 30.1 Å². The van der Waals surface area contributed by atoms with Crippen molar-refractivity contribution in [2.75, 3.05) is 16.8 Å². The van der Waals surface area contributed by atoms with Crippen LogP contribution in [0.25, 0.3) is 0 Å². The van der Waals surface area contributed by atoms with Crippen LogP contribution in [0.2, 0.25) is 0 Å². The minimum absolute atomic E-state index is 0.0403. The second kappa shape index (κ2) is 6.51. The minimum Gasteiger partial charge on any atom is -0.334 e. The van der Waals surface area contributed by atoms with E-state index in [-0.39, 0.29) is 11.5 Å². The summed E-state index contributed by atoms with van der Waals surface area (Å²) in [7, 11) is -3.13. The van der Waals surface area contributed by atoms with Gasteiger partial charge in [0.15, 0.2) is 9.84 Å². The molecule has 0 aromatic heterocycles. The second-order valence-corrected chi connectivity index (χ2v) is 6.60. The van der Waals surface area contributed by atoms with Gasteiger partial charge in [-0.25, -0.2) is 17.6 Å². The van der Waals surface area contributed by atoms with Gasteiger partial charge in [-0.2, -0.15) is 0 Å². The number of nitrogens with one attached hydrogen (secondary N) is 2. The molecule has 0 radical (unpaired) electrons.